The van der Waals surface area contributed by atoms with Crippen molar-refractivity contribution >= 4 is 52.8 Å². The van der Waals surface area contributed by atoms with Gasteiger partial charge < -0.3 is 40.2 Å². The Hall–Kier alpha value is -6.12. The predicted molar refractivity (Wildman–Crippen MR) is 194 cm³/mol. The van der Waals surface area contributed by atoms with Crippen molar-refractivity contribution in [3.63, 3.8) is 0 Å². The first-order valence-electron chi connectivity index (χ1n) is 17.2. The largest absolute Gasteiger partial charge is 0.504 e. The van der Waals surface area contributed by atoms with Crippen molar-refractivity contribution in [3.05, 3.63) is 77.4 Å². The summed E-state index contributed by atoms with van der Waals surface area (Å²) in [5, 5.41) is 18.5. The van der Waals surface area contributed by atoms with Gasteiger partial charge in [0.05, 0.1) is 38.1 Å². The van der Waals surface area contributed by atoms with E-state index in [0.29, 0.717) is 30.5 Å². The van der Waals surface area contributed by atoms with Crippen LogP contribution in [0.15, 0.2) is 60.7 Å². The number of unbranched alkanes of at least 4 members (excludes halogenated alkanes) is 1. The maximum absolute atomic E-state index is 13.9. The van der Waals surface area contributed by atoms with Gasteiger partial charge in [0.25, 0.3) is 5.91 Å². The average Bonchev–Trinajstić information content (AvgIpc) is 3.47. The Morgan fingerprint density at radius 3 is 2.30 bits per heavy atom. The van der Waals surface area contributed by atoms with Gasteiger partial charge in [0.2, 0.25) is 17.7 Å². The number of rotatable bonds is 13. The van der Waals surface area contributed by atoms with Gasteiger partial charge in [-0.15, -0.1) is 0 Å². The van der Waals surface area contributed by atoms with Crippen molar-refractivity contribution in [1.29, 1.82) is 0 Å². The number of hydrogen-bond acceptors (Lipinski definition) is 10. The summed E-state index contributed by atoms with van der Waals surface area (Å²) in [5.74, 6) is -2.18. The molecule has 53 heavy (non-hydrogen) atoms. The first kappa shape index (κ1) is 38.1. The Morgan fingerprint density at radius 2 is 1.58 bits per heavy atom. The quantitative estimate of drug-likeness (QED) is 0.149. The van der Waals surface area contributed by atoms with Gasteiger partial charge in [-0.25, -0.2) is 4.79 Å². The highest BCUT2D eigenvalue weighted by molar-refractivity contribution is 6.14. The fourth-order valence-corrected chi connectivity index (χ4v) is 6.21. The predicted octanol–water partition coefficient (Wildman–Crippen LogP) is 3.81. The Balaban J connectivity index is 1.15. The molecule has 2 heterocycles. The molecule has 3 atom stereocenters. The lowest BCUT2D eigenvalue weighted by Crippen LogP contribution is -2.50. The maximum Gasteiger partial charge on any atom is 0.414 e. The molecule has 2 aliphatic rings. The van der Waals surface area contributed by atoms with Crippen LogP contribution in [-0.2, 0) is 41.7 Å². The highest BCUT2D eigenvalue weighted by Gasteiger charge is 2.42. The van der Waals surface area contributed by atoms with Crippen molar-refractivity contribution in [2.24, 2.45) is 0 Å². The number of anilines is 3. The van der Waals surface area contributed by atoms with Crippen LogP contribution < -0.4 is 30.5 Å². The van der Waals surface area contributed by atoms with Crippen molar-refractivity contribution < 1.29 is 48.1 Å². The topological polar surface area (TPSA) is 193 Å². The molecule has 3 aromatic carbocycles. The van der Waals surface area contributed by atoms with Crippen LogP contribution in [0, 0.1) is 0 Å². The van der Waals surface area contributed by atoms with Crippen LogP contribution in [0.5, 0.6) is 11.5 Å². The van der Waals surface area contributed by atoms with Crippen LogP contribution in [0.3, 0.4) is 0 Å². The number of carbonyl (C=O) groups excluding carboxylic acids is 6. The monoisotopic (exact) mass is 729 g/mol. The van der Waals surface area contributed by atoms with E-state index in [-0.39, 0.29) is 72.6 Å². The number of benzene rings is 3. The van der Waals surface area contributed by atoms with Gasteiger partial charge in [0.1, 0.15) is 18.7 Å². The molecule has 0 unspecified atom stereocenters. The molecule has 0 spiro atoms. The number of carbonyl (C=O) groups is 6. The van der Waals surface area contributed by atoms with E-state index in [0.717, 1.165) is 11.3 Å². The summed E-state index contributed by atoms with van der Waals surface area (Å²) in [7, 11) is 2.68. The summed E-state index contributed by atoms with van der Waals surface area (Å²) in [5.41, 5.74) is 3.19. The van der Waals surface area contributed by atoms with E-state index in [1.54, 1.807) is 29.2 Å². The molecule has 0 aromatic heterocycles. The number of aromatic hydroxyl groups is 1. The van der Waals surface area contributed by atoms with Crippen LogP contribution in [-0.4, -0.2) is 79.7 Å². The summed E-state index contributed by atoms with van der Waals surface area (Å²) < 4.78 is 15.5. The van der Waals surface area contributed by atoms with Gasteiger partial charge in [-0.3, -0.25) is 28.9 Å². The lowest BCUT2D eigenvalue weighted by molar-refractivity contribution is -0.140. The highest BCUT2D eigenvalue weighted by Crippen LogP contribution is 2.42. The smallest absolute Gasteiger partial charge is 0.414 e. The lowest BCUT2D eigenvalue weighted by Gasteiger charge is -2.26. The van der Waals surface area contributed by atoms with E-state index in [4.69, 9.17) is 9.47 Å². The third-order valence-corrected chi connectivity index (χ3v) is 9.09. The van der Waals surface area contributed by atoms with E-state index in [9.17, 15) is 33.9 Å². The maximum atomic E-state index is 13.9. The Labute approximate surface area is 306 Å². The van der Waals surface area contributed by atoms with Crippen molar-refractivity contribution in [2.45, 2.75) is 70.7 Å². The second-order valence-corrected chi connectivity index (χ2v) is 12.9. The van der Waals surface area contributed by atoms with E-state index in [2.05, 4.69) is 20.7 Å². The molecule has 280 valence electrons. The minimum absolute atomic E-state index is 0.0974. The Kier molecular flexibility index (Phi) is 12.2. The van der Waals surface area contributed by atoms with E-state index in [1.807, 2.05) is 24.3 Å². The number of fused-ring (bicyclic) bond motifs is 4. The molecule has 0 fully saturated rings. The number of hydrogen-bond donors (Lipinski definition) is 4. The average molecular weight is 730 g/mol. The number of para-hydroxylation sites is 1. The number of nitrogens with one attached hydrogen (secondary N) is 3. The minimum Gasteiger partial charge on any atom is -0.504 e. The summed E-state index contributed by atoms with van der Waals surface area (Å²) in [6.45, 7) is 3.02. The van der Waals surface area contributed by atoms with Crippen LogP contribution in [0.4, 0.5) is 21.9 Å². The second-order valence-electron chi connectivity index (χ2n) is 12.9. The third-order valence-electron chi connectivity index (χ3n) is 9.09. The molecule has 15 nitrogen and oxygen atoms in total. The van der Waals surface area contributed by atoms with Gasteiger partial charge in [0.15, 0.2) is 11.5 Å². The summed E-state index contributed by atoms with van der Waals surface area (Å²) >= 11 is 0. The standard InChI is InChI=1S/C38H43N5O10/c1-22(39-33(45)11-7-8-12-34(46)52-4)35(47)40-23(2)36(48)41-26-15-13-24(14-16-26)21-53-38(50)42-20-27-17-25-9-5-6-10-29(25)43(27)37(49)28-18-32(51-3)31(44)19-30(28)42/h5-6,9-10,13-16,18-19,22-23,27,44H,7-8,11-12,17,20-21H2,1-4H3,(H,39,45)(H,40,47)(H,41,48)/t22-,23-,27-/m0/s1. The van der Waals surface area contributed by atoms with Crippen molar-refractivity contribution in [3.8, 4) is 11.5 Å². The van der Waals surface area contributed by atoms with Gasteiger partial charge in [-0.2, -0.15) is 0 Å². The molecular formula is C38H43N5O10. The van der Waals surface area contributed by atoms with Crippen LogP contribution in [0.2, 0.25) is 0 Å². The lowest BCUT2D eigenvalue weighted by atomic mass is 10.1. The van der Waals surface area contributed by atoms with Gasteiger partial charge in [-0.05, 0) is 68.5 Å². The SMILES string of the molecule is COC(=O)CCCCC(=O)N[C@@H](C)C(=O)N[C@@H](C)C(=O)Nc1ccc(COC(=O)N2C[C@@H]3Cc4ccccc4N3C(=O)c3cc(OC)c(O)cc32)cc1. The first-order chi connectivity index (χ1) is 25.4. The number of amides is 5. The molecular weight excluding hydrogens is 686 g/mol. The molecule has 5 rings (SSSR count). The van der Waals surface area contributed by atoms with Gasteiger partial charge in [-0.1, -0.05) is 30.3 Å². The molecule has 0 saturated heterocycles. The fourth-order valence-electron chi connectivity index (χ4n) is 6.21. The number of phenols is 1. The van der Waals surface area contributed by atoms with E-state index < -0.39 is 30.0 Å². The molecule has 4 N–H and O–H groups in total. The van der Waals surface area contributed by atoms with Gasteiger partial charge in [0, 0.05) is 30.3 Å². The zero-order valence-electron chi connectivity index (χ0n) is 30.0. The Morgan fingerprint density at radius 1 is 0.887 bits per heavy atom. The van der Waals surface area contributed by atoms with Crippen molar-refractivity contribution in [1.82, 2.24) is 10.6 Å². The van der Waals surface area contributed by atoms with Crippen LogP contribution in [0.1, 0.15) is 61.0 Å². The third kappa shape index (κ3) is 9.04. The molecule has 0 saturated carbocycles. The summed E-state index contributed by atoms with van der Waals surface area (Å²) in [6.07, 6.45) is 1.11. The summed E-state index contributed by atoms with van der Waals surface area (Å²) in [6, 6.07) is 14.7. The molecule has 0 radical (unpaired) electrons. The number of phenolic OH excluding ortho intramolecular Hbond substituents is 1. The van der Waals surface area contributed by atoms with Crippen LogP contribution >= 0.6 is 0 Å². The molecule has 0 bridgehead atoms. The van der Waals surface area contributed by atoms with E-state index >= 15 is 0 Å². The number of nitrogens with zero attached hydrogens (tertiary/aromatic N) is 2. The van der Waals surface area contributed by atoms with Crippen LogP contribution in [0.25, 0.3) is 0 Å². The number of ether oxygens (including phenoxy) is 3. The second kappa shape index (κ2) is 16.9. The van der Waals surface area contributed by atoms with Crippen molar-refractivity contribution in [2.75, 3.05) is 35.9 Å². The van der Waals surface area contributed by atoms with Gasteiger partial charge >= 0.3 is 12.1 Å². The molecule has 0 aliphatic carbocycles. The zero-order valence-corrected chi connectivity index (χ0v) is 30.0. The molecule has 2 aliphatic heterocycles. The number of esters is 1. The number of methoxy groups -OCH3 is 2. The Bertz CT molecular complexity index is 1880. The summed E-state index contributed by atoms with van der Waals surface area (Å²) in [4.78, 5) is 79.3. The normalized spacial score (nSPS) is 15.5. The minimum atomic E-state index is -0.922. The highest BCUT2D eigenvalue weighted by atomic mass is 16.6. The molecule has 15 heteroatoms. The fraction of sp³-hybridized carbons (Fsp3) is 0.368. The molecule has 3 aromatic rings. The first-order valence-corrected chi connectivity index (χ1v) is 17.2. The van der Waals surface area contributed by atoms with E-state index in [1.165, 1.54) is 45.1 Å². The zero-order chi connectivity index (χ0) is 38.2. The molecule has 5 amide bonds.